The smallest absolute Gasteiger partial charge is 0.310 e. The van der Waals surface area contributed by atoms with E-state index in [0.29, 0.717) is 28.0 Å². The highest BCUT2D eigenvalue weighted by molar-refractivity contribution is 6.19. The SMILES string of the molecule is COC(=O)CCC1=C(CC(=O)OC)C2=NC1=CC1=NC(=CC3=NC(=CC4=NC(=C2)[C@@]2(C)CC(=O)O[C@@]42CCC(=O)OC)[C@@](C)(CC(=O)OC)[C@@H]3CCC(=O)OC)C(CC(=O)OC)=C1CCC(=O)OC. The number of methoxy groups -OCH3 is 7. The highest BCUT2D eigenvalue weighted by Crippen LogP contribution is 2.59. The van der Waals surface area contributed by atoms with Gasteiger partial charge in [0.15, 0.2) is 5.60 Å². The van der Waals surface area contributed by atoms with Crippen LogP contribution in [-0.4, -0.2) is 126 Å². The topological polar surface area (TPSA) is 260 Å². The molecular weight excluding hydrogens is 901 g/mol. The Morgan fingerprint density at radius 2 is 1.09 bits per heavy atom. The molecule has 0 saturated carbocycles. The van der Waals surface area contributed by atoms with Crippen molar-refractivity contribution in [1.29, 1.82) is 0 Å². The second-order valence-corrected chi connectivity index (χ2v) is 17.4. The Kier molecular flexibility index (Phi) is 15.6. The van der Waals surface area contributed by atoms with Crippen LogP contribution in [0.1, 0.15) is 90.9 Å². The van der Waals surface area contributed by atoms with Gasteiger partial charge in [0.05, 0.1) is 115 Å². The lowest BCUT2D eigenvalue weighted by molar-refractivity contribution is -0.148. The van der Waals surface area contributed by atoms with E-state index in [2.05, 4.69) is 0 Å². The van der Waals surface area contributed by atoms with Crippen molar-refractivity contribution in [2.75, 3.05) is 49.8 Å². The standard InChI is InChI=1S/C49H56N4O16/c1-47(24-45(60)68-9)30(12-15-41(56)64-5)35-21-33-28(18-43(58)66-7)26(10-13-39(54)62-3)31(50-33)20-32-27(11-14-40(55)63-4)29(19-44(59)67-8)34(51-32)22-37-48(2)25-46(61)69-49(48,17-16-42(57)65-6)38(53-37)23-36(47)52-35/h20-23,30H,10-19,24-25H2,1-9H3/t30-,47+,48-,49+/m1/s1. The van der Waals surface area contributed by atoms with Gasteiger partial charge in [-0.05, 0) is 72.8 Å². The van der Waals surface area contributed by atoms with Crippen molar-refractivity contribution in [1.82, 2.24) is 0 Å². The van der Waals surface area contributed by atoms with Gasteiger partial charge < -0.3 is 37.9 Å². The normalized spacial score (nSPS) is 24.3. The van der Waals surface area contributed by atoms with Crippen LogP contribution < -0.4 is 0 Å². The molecule has 0 aliphatic carbocycles. The Morgan fingerprint density at radius 3 is 1.68 bits per heavy atom. The molecule has 69 heavy (non-hydrogen) atoms. The van der Waals surface area contributed by atoms with Crippen LogP contribution in [0.15, 0.2) is 89.4 Å². The molecule has 0 aromatic rings. The van der Waals surface area contributed by atoms with Gasteiger partial charge in [0.25, 0.3) is 0 Å². The average molecular weight is 957 g/mol. The number of hydrogen-bond acceptors (Lipinski definition) is 20. The lowest BCUT2D eigenvalue weighted by Crippen LogP contribution is -2.47. The molecule has 20 nitrogen and oxygen atoms in total. The molecule has 6 aliphatic heterocycles. The van der Waals surface area contributed by atoms with Crippen LogP contribution in [0.4, 0.5) is 0 Å². The fraction of sp³-hybridized carbons (Fsp3) is 0.510. The van der Waals surface area contributed by atoms with E-state index >= 15 is 0 Å². The minimum absolute atomic E-state index is 0.0210. The van der Waals surface area contributed by atoms with Crippen molar-refractivity contribution in [3.8, 4) is 0 Å². The lowest BCUT2D eigenvalue weighted by atomic mass is 9.67. The number of esters is 8. The quantitative estimate of drug-likeness (QED) is 0.132. The van der Waals surface area contributed by atoms with E-state index in [1.807, 2.05) is 0 Å². The van der Waals surface area contributed by atoms with Gasteiger partial charge in [-0.25, -0.2) is 9.98 Å². The Hall–Kier alpha value is -7.12. The van der Waals surface area contributed by atoms with Crippen LogP contribution in [0.2, 0.25) is 0 Å². The summed E-state index contributed by atoms with van der Waals surface area (Å²) < 4.78 is 41.9. The van der Waals surface area contributed by atoms with Gasteiger partial charge in [-0.3, -0.25) is 48.3 Å². The van der Waals surface area contributed by atoms with Gasteiger partial charge in [-0.1, -0.05) is 6.92 Å². The van der Waals surface area contributed by atoms with Gasteiger partial charge in [0, 0.05) is 54.8 Å². The summed E-state index contributed by atoms with van der Waals surface area (Å²) in [5.41, 5.74) is -0.537. The molecule has 0 aromatic carbocycles. The zero-order valence-electron chi connectivity index (χ0n) is 40.2. The largest absolute Gasteiger partial charge is 0.469 e. The minimum Gasteiger partial charge on any atom is -0.469 e. The van der Waals surface area contributed by atoms with Gasteiger partial charge in [-0.2, -0.15) is 0 Å². The number of nitrogens with zero attached hydrogens (tertiary/aromatic N) is 4. The zero-order chi connectivity index (χ0) is 50.4. The molecule has 0 amide bonds. The Morgan fingerprint density at radius 1 is 0.565 bits per heavy atom. The van der Waals surface area contributed by atoms with Gasteiger partial charge in [0.1, 0.15) is 0 Å². The number of carbonyl (C=O) groups excluding carboxylic acids is 8. The predicted octanol–water partition coefficient (Wildman–Crippen LogP) is 4.76. The third-order valence-corrected chi connectivity index (χ3v) is 13.6. The molecule has 0 aromatic heterocycles. The Bertz CT molecular complexity index is 2590. The molecular formula is C49H56N4O16. The molecule has 6 heterocycles. The first kappa shape index (κ1) is 51.3. The van der Waals surface area contributed by atoms with Crippen LogP contribution in [0.25, 0.3) is 0 Å². The average Bonchev–Trinajstić information content (AvgIpc) is 4.04. The monoisotopic (exact) mass is 956 g/mol. The molecule has 8 bridgehead atoms. The maximum Gasteiger partial charge on any atom is 0.310 e. The maximum atomic E-state index is 13.7. The van der Waals surface area contributed by atoms with Gasteiger partial charge >= 0.3 is 47.8 Å². The molecule has 0 unspecified atom stereocenters. The van der Waals surface area contributed by atoms with E-state index in [0.717, 1.165) is 0 Å². The molecule has 0 radical (unpaired) electrons. The summed E-state index contributed by atoms with van der Waals surface area (Å²) in [5, 5.41) is 0. The van der Waals surface area contributed by atoms with E-state index in [9.17, 15) is 38.4 Å². The van der Waals surface area contributed by atoms with Crippen molar-refractivity contribution in [2.24, 2.45) is 36.7 Å². The highest BCUT2D eigenvalue weighted by atomic mass is 16.6. The number of aliphatic imine (C=N–C) groups is 4. The molecule has 6 aliphatic rings. The zero-order valence-corrected chi connectivity index (χ0v) is 40.2. The number of ether oxygens (including phenoxy) is 8. The number of rotatable bonds is 18. The second kappa shape index (κ2) is 21.0. The first-order valence-electron chi connectivity index (χ1n) is 22.2. The van der Waals surface area contributed by atoms with Crippen LogP contribution in [-0.2, 0) is 76.3 Å². The van der Waals surface area contributed by atoms with E-state index in [1.54, 1.807) is 38.2 Å². The first-order chi connectivity index (χ1) is 32.8. The summed E-state index contributed by atoms with van der Waals surface area (Å²) >= 11 is 0. The first-order valence-corrected chi connectivity index (χ1v) is 22.2. The molecule has 4 atom stereocenters. The summed E-state index contributed by atoms with van der Waals surface area (Å²) in [4.78, 5) is 125. The second-order valence-electron chi connectivity index (χ2n) is 17.4. The molecule has 6 rings (SSSR count). The predicted molar refractivity (Wildman–Crippen MR) is 244 cm³/mol. The van der Waals surface area contributed by atoms with E-state index < -0.39 is 70.1 Å². The number of hydrogen-bond donors (Lipinski definition) is 0. The lowest BCUT2D eigenvalue weighted by Gasteiger charge is -2.36. The number of allylic oxidation sites excluding steroid dienone is 7. The number of carbonyl (C=O) groups is 8. The van der Waals surface area contributed by atoms with Crippen LogP contribution in [0, 0.1) is 16.7 Å². The van der Waals surface area contributed by atoms with Crippen LogP contribution in [0.3, 0.4) is 0 Å². The Labute approximate surface area is 398 Å². The highest BCUT2D eigenvalue weighted by Gasteiger charge is 2.66. The van der Waals surface area contributed by atoms with Gasteiger partial charge in [-0.15, -0.1) is 0 Å². The summed E-state index contributed by atoms with van der Waals surface area (Å²) in [7, 11) is 8.68. The fourth-order valence-electron chi connectivity index (χ4n) is 9.72. The van der Waals surface area contributed by atoms with Crippen molar-refractivity contribution in [2.45, 2.75) is 96.5 Å². The van der Waals surface area contributed by atoms with E-state index in [-0.39, 0.29) is 117 Å². The third-order valence-electron chi connectivity index (χ3n) is 13.6. The molecule has 1 saturated heterocycles. The minimum atomic E-state index is -1.62. The van der Waals surface area contributed by atoms with Crippen LogP contribution in [0.5, 0.6) is 0 Å². The van der Waals surface area contributed by atoms with Gasteiger partial charge in [0.2, 0.25) is 0 Å². The van der Waals surface area contributed by atoms with E-state index in [1.165, 1.54) is 49.8 Å². The fourth-order valence-corrected chi connectivity index (χ4v) is 9.72. The summed E-state index contributed by atoms with van der Waals surface area (Å²) in [6.45, 7) is 3.55. The van der Waals surface area contributed by atoms with Crippen molar-refractivity contribution in [3.05, 3.63) is 69.4 Å². The molecule has 368 valence electrons. The molecule has 0 spiro atoms. The Balaban J connectivity index is 1.77. The molecule has 0 N–H and O–H groups in total. The number of fused-ring (bicyclic) bond motifs is 7. The maximum absolute atomic E-state index is 13.7. The summed E-state index contributed by atoms with van der Waals surface area (Å²) in [5.74, 6) is -5.45. The molecule has 1 fully saturated rings. The molecule has 20 heteroatoms. The summed E-state index contributed by atoms with van der Waals surface area (Å²) in [6, 6.07) is 0. The third kappa shape index (κ3) is 10.2. The summed E-state index contributed by atoms with van der Waals surface area (Å²) in [6.07, 6.45) is 4.87. The van der Waals surface area contributed by atoms with Crippen LogP contribution >= 0.6 is 0 Å². The van der Waals surface area contributed by atoms with Crippen molar-refractivity contribution in [3.63, 3.8) is 0 Å². The van der Waals surface area contributed by atoms with Crippen molar-refractivity contribution >= 4 is 70.6 Å². The van der Waals surface area contributed by atoms with Crippen molar-refractivity contribution < 1.29 is 76.3 Å². The van der Waals surface area contributed by atoms with E-state index in [4.69, 9.17) is 57.9 Å².